The molecule has 1 aliphatic heterocycles. The van der Waals surface area contributed by atoms with Crippen molar-refractivity contribution >= 4 is 57.2 Å². The number of carbonyl (C=O) groups excluding carboxylic acids is 2. The first-order valence-corrected chi connectivity index (χ1v) is 14.4. The molecule has 1 fully saturated rings. The number of hydrogen-bond acceptors (Lipinski definition) is 11. The van der Waals surface area contributed by atoms with Crippen molar-refractivity contribution in [1.29, 1.82) is 0 Å². The zero-order valence-electron chi connectivity index (χ0n) is 22.8. The Morgan fingerprint density at radius 1 is 1.23 bits per heavy atom. The maximum absolute atomic E-state index is 13.0. The number of anilines is 2. The number of rotatable bonds is 12. The molecule has 1 aliphatic rings. The number of aromatic nitrogens is 4. The van der Waals surface area contributed by atoms with Crippen molar-refractivity contribution < 1.29 is 23.8 Å². The number of nitrogens with zero attached hydrogens (tertiary/aromatic N) is 4. The van der Waals surface area contributed by atoms with E-state index in [0.717, 1.165) is 0 Å². The van der Waals surface area contributed by atoms with Gasteiger partial charge in [0.2, 0.25) is 0 Å². The van der Waals surface area contributed by atoms with Crippen molar-refractivity contribution in [2.45, 2.75) is 32.8 Å². The molecule has 11 nitrogen and oxygen atoms in total. The second kappa shape index (κ2) is 13.7. The van der Waals surface area contributed by atoms with Gasteiger partial charge in [-0.15, -0.1) is 0 Å². The molecule has 216 valence electrons. The molecule has 0 saturated carbocycles. The predicted molar refractivity (Wildman–Crippen MR) is 155 cm³/mol. The number of Topliss-reactive ketones (excluding diaryl/α,β-unsaturated/α-hetero) is 1. The van der Waals surface area contributed by atoms with Crippen LogP contribution in [0.3, 0.4) is 0 Å². The molecule has 2 atom stereocenters. The van der Waals surface area contributed by atoms with Crippen molar-refractivity contribution in [2.24, 2.45) is 5.92 Å². The molecule has 40 heavy (non-hydrogen) atoms. The Kier molecular flexibility index (Phi) is 10.4. The molecule has 0 aliphatic carbocycles. The van der Waals surface area contributed by atoms with E-state index in [-0.39, 0.29) is 35.9 Å². The lowest BCUT2D eigenvalue weighted by Crippen LogP contribution is -2.45. The zero-order valence-corrected chi connectivity index (χ0v) is 25.1. The number of esters is 1. The van der Waals surface area contributed by atoms with Crippen molar-refractivity contribution in [3.63, 3.8) is 0 Å². The van der Waals surface area contributed by atoms with Crippen LogP contribution < -0.4 is 10.2 Å². The minimum absolute atomic E-state index is 0.0276. The number of halogens is 2. The number of piperidine rings is 1. The van der Waals surface area contributed by atoms with E-state index in [1.54, 1.807) is 40.5 Å². The van der Waals surface area contributed by atoms with Crippen LogP contribution in [0, 0.1) is 12.8 Å². The smallest absolute Gasteiger partial charge is 0.350 e. The number of nitrogens with one attached hydrogen (secondary N) is 2. The molecule has 14 heteroatoms. The third-order valence-electron chi connectivity index (χ3n) is 6.63. The first kappa shape index (κ1) is 30.2. The molecule has 2 N–H and O–H groups in total. The van der Waals surface area contributed by atoms with E-state index in [2.05, 4.69) is 25.2 Å². The number of thiazole rings is 1. The molecular weight excluding hydrogens is 579 g/mol. The minimum atomic E-state index is -0.467. The number of ether oxygens (including phenoxy) is 3. The monoisotopic (exact) mass is 610 g/mol. The van der Waals surface area contributed by atoms with Crippen LogP contribution in [0.5, 0.6) is 0 Å². The van der Waals surface area contributed by atoms with E-state index in [4.69, 9.17) is 42.4 Å². The molecule has 0 radical (unpaired) electrons. The summed E-state index contributed by atoms with van der Waals surface area (Å²) in [5.74, 6) is -0.0157. The zero-order chi connectivity index (χ0) is 28.8. The minimum Gasteiger partial charge on any atom is -0.462 e. The fourth-order valence-corrected chi connectivity index (χ4v) is 5.96. The fraction of sp³-hybridized carbons (Fsp3) is 0.500. The van der Waals surface area contributed by atoms with E-state index in [1.165, 1.54) is 11.3 Å². The fourth-order valence-electron chi connectivity index (χ4n) is 4.52. The van der Waals surface area contributed by atoms with Gasteiger partial charge < -0.3 is 29.4 Å². The van der Waals surface area contributed by atoms with Gasteiger partial charge >= 0.3 is 5.97 Å². The molecule has 4 heterocycles. The number of carbonyl (C=O) groups is 2. The Bertz CT molecular complexity index is 1330. The van der Waals surface area contributed by atoms with E-state index < -0.39 is 5.97 Å². The normalized spacial score (nSPS) is 17.2. The summed E-state index contributed by atoms with van der Waals surface area (Å²) in [6, 6.07) is 0. The molecule has 0 unspecified atom stereocenters. The van der Waals surface area contributed by atoms with Crippen LogP contribution in [-0.2, 0) is 14.2 Å². The van der Waals surface area contributed by atoms with Crippen LogP contribution in [-0.4, -0.2) is 84.9 Å². The summed E-state index contributed by atoms with van der Waals surface area (Å²) in [7, 11) is 3.25. The maximum atomic E-state index is 13.0. The predicted octanol–water partition coefficient (Wildman–Crippen LogP) is 4.89. The third-order valence-corrected chi connectivity index (χ3v) is 8.68. The quantitative estimate of drug-likeness (QED) is 0.166. The van der Waals surface area contributed by atoms with Crippen LogP contribution >= 0.6 is 34.5 Å². The first-order chi connectivity index (χ1) is 19.3. The lowest BCUT2D eigenvalue weighted by atomic mass is 9.88. The second-order valence-corrected chi connectivity index (χ2v) is 11.0. The number of hydrogen-bond donors (Lipinski definition) is 2. The number of methoxy groups -OCH3 is 2. The van der Waals surface area contributed by atoms with Crippen molar-refractivity contribution in [1.82, 2.24) is 19.9 Å². The van der Waals surface area contributed by atoms with Gasteiger partial charge in [0, 0.05) is 46.0 Å². The summed E-state index contributed by atoms with van der Waals surface area (Å²) < 4.78 is 16.1. The highest BCUT2D eigenvalue weighted by Gasteiger charge is 2.34. The molecule has 1 saturated heterocycles. The number of ketones is 1. The van der Waals surface area contributed by atoms with E-state index in [9.17, 15) is 9.59 Å². The van der Waals surface area contributed by atoms with Gasteiger partial charge in [-0.2, -0.15) is 0 Å². The largest absolute Gasteiger partial charge is 0.462 e. The number of aryl methyl sites for hydroxylation is 1. The van der Waals surface area contributed by atoms with E-state index in [0.29, 0.717) is 76.3 Å². The lowest BCUT2D eigenvalue weighted by Gasteiger charge is -2.37. The van der Waals surface area contributed by atoms with Gasteiger partial charge in [-0.1, -0.05) is 34.5 Å². The molecule has 0 aromatic carbocycles. The average molecular weight is 612 g/mol. The third kappa shape index (κ3) is 6.74. The topological polar surface area (TPSA) is 132 Å². The van der Waals surface area contributed by atoms with Gasteiger partial charge in [-0.3, -0.25) is 4.79 Å². The Morgan fingerprint density at radius 2 is 2.02 bits per heavy atom. The molecule has 0 amide bonds. The van der Waals surface area contributed by atoms with Crippen LogP contribution in [0.1, 0.15) is 45.6 Å². The summed E-state index contributed by atoms with van der Waals surface area (Å²) >= 11 is 13.7. The van der Waals surface area contributed by atoms with Crippen LogP contribution in [0.15, 0.2) is 12.4 Å². The summed E-state index contributed by atoms with van der Waals surface area (Å²) in [6.45, 7) is 6.01. The molecular formula is C26H32Cl2N6O5S. The molecule has 3 aromatic heterocycles. The Balaban J connectivity index is 1.51. The Hall–Kier alpha value is -2.77. The standard InChI is InChI=1S/C26H32Cl2N6O5S/c1-5-39-25(36)24-22(16-11-31-19(12-30-16)29-7-9-37-3)33-26(40-24)34-8-6-15(18(13-34)38-4)10-17(35)23-21(28)20(27)14(2)32-23/h11-12,15,18,32H,5-10,13H2,1-4H3,(H,29,31)/t15-,18-/m0/s1. The Morgan fingerprint density at radius 3 is 2.65 bits per heavy atom. The van der Waals surface area contributed by atoms with Crippen LogP contribution in [0.25, 0.3) is 11.4 Å². The van der Waals surface area contributed by atoms with Gasteiger partial charge in [-0.25, -0.2) is 19.7 Å². The lowest BCUT2D eigenvalue weighted by molar-refractivity contribution is 0.0375. The summed E-state index contributed by atoms with van der Waals surface area (Å²) in [5.41, 5.74) is 1.86. The van der Waals surface area contributed by atoms with Gasteiger partial charge in [0.15, 0.2) is 10.9 Å². The highest BCUT2D eigenvalue weighted by molar-refractivity contribution is 7.17. The van der Waals surface area contributed by atoms with Gasteiger partial charge in [0.05, 0.1) is 41.8 Å². The molecule has 4 rings (SSSR count). The average Bonchev–Trinajstić information content (AvgIpc) is 3.51. The highest BCUT2D eigenvalue weighted by atomic mass is 35.5. The van der Waals surface area contributed by atoms with Crippen molar-refractivity contribution in [3.05, 3.63) is 38.7 Å². The second-order valence-electron chi connectivity index (χ2n) is 9.25. The molecule has 0 spiro atoms. The van der Waals surface area contributed by atoms with Gasteiger partial charge in [0.25, 0.3) is 0 Å². The number of aromatic amines is 1. The Labute approximate surface area is 246 Å². The van der Waals surface area contributed by atoms with Crippen LogP contribution in [0.2, 0.25) is 10.0 Å². The van der Waals surface area contributed by atoms with Gasteiger partial charge in [0.1, 0.15) is 27.8 Å². The van der Waals surface area contributed by atoms with E-state index >= 15 is 0 Å². The molecule has 0 bridgehead atoms. The molecule has 3 aromatic rings. The summed E-state index contributed by atoms with van der Waals surface area (Å²) in [4.78, 5) is 44.9. The van der Waals surface area contributed by atoms with Crippen LogP contribution in [0.4, 0.5) is 10.9 Å². The number of H-pyrrole nitrogens is 1. The van der Waals surface area contributed by atoms with Gasteiger partial charge in [-0.05, 0) is 26.2 Å². The highest BCUT2D eigenvalue weighted by Crippen LogP contribution is 2.37. The maximum Gasteiger partial charge on any atom is 0.350 e. The first-order valence-electron chi connectivity index (χ1n) is 12.8. The summed E-state index contributed by atoms with van der Waals surface area (Å²) in [5, 5.41) is 4.37. The van der Waals surface area contributed by atoms with E-state index in [1.807, 2.05) is 0 Å². The SMILES string of the molecule is CCOC(=O)c1sc(N2CC[C@@H](CC(=O)c3[nH]c(C)c(Cl)c3Cl)[C@@H](OC)C2)nc1-c1cnc(NCCOC)cn1. The van der Waals surface area contributed by atoms with Crippen molar-refractivity contribution in [3.8, 4) is 11.4 Å². The van der Waals surface area contributed by atoms with Crippen molar-refractivity contribution in [2.75, 3.05) is 57.3 Å². The summed E-state index contributed by atoms with van der Waals surface area (Å²) in [6.07, 6.45) is 3.87.